The summed E-state index contributed by atoms with van der Waals surface area (Å²) in [5.41, 5.74) is 1.55. The van der Waals surface area contributed by atoms with Crippen molar-refractivity contribution >= 4 is 41.0 Å². The Morgan fingerprint density at radius 2 is 1.71 bits per heavy atom. The summed E-state index contributed by atoms with van der Waals surface area (Å²) in [7, 11) is 0. The molecule has 0 spiro atoms. The predicted octanol–water partition coefficient (Wildman–Crippen LogP) is 4.70. The van der Waals surface area contributed by atoms with Gasteiger partial charge in [0.15, 0.2) is 0 Å². The minimum atomic E-state index is 0.297. The van der Waals surface area contributed by atoms with E-state index in [1.807, 2.05) is 6.07 Å². The van der Waals surface area contributed by atoms with Gasteiger partial charge < -0.3 is 4.74 Å². The van der Waals surface area contributed by atoms with E-state index in [4.69, 9.17) is 39.5 Å². The van der Waals surface area contributed by atoms with E-state index < -0.39 is 0 Å². The second-order valence-electron chi connectivity index (χ2n) is 4.79. The van der Waals surface area contributed by atoms with E-state index in [0.29, 0.717) is 27.4 Å². The van der Waals surface area contributed by atoms with Gasteiger partial charge in [-0.25, -0.2) is 4.68 Å². The van der Waals surface area contributed by atoms with Crippen LogP contribution < -0.4 is 4.74 Å². The van der Waals surface area contributed by atoms with Crippen molar-refractivity contribution in [2.75, 3.05) is 0 Å². The minimum Gasteiger partial charge on any atom is -0.488 e. The zero-order valence-corrected chi connectivity index (χ0v) is 14.5. The van der Waals surface area contributed by atoms with Crippen LogP contribution in [-0.2, 0) is 6.61 Å². The van der Waals surface area contributed by atoms with Crippen molar-refractivity contribution in [3.05, 3.63) is 75.2 Å². The van der Waals surface area contributed by atoms with Crippen molar-refractivity contribution in [3.63, 3.8) is 0 Å². The van der Waals surface area contributed by atoms with Crippen molar-refractivity contribution in [3.8, 4) is 5.75 Å². The lowest BCUT2D eigenvalue weighted by atomic mass is 10.2. The Bertz CT molecular complexity index is 866. The fourth-order valence-corrected chi connectivity index (χ4v) is 2.57. The Morgan fingerprint density at radius 1 is 1.00 bits per heavy atom. The molecule has 0 atom stereocenters. The summed E-state index contributed by atoms with van der Waals surface area (Å²) in [4.78, 5) is 0. The molecule has 0 unspecified atom stereocenters. The van der Waals surface area contributed by atoms with Crippen LogP contribution in [0.4, 0.5) is 0 Å². The van der Waals surface area contributed by atoms with Gasteiger partial charge in [0.1, 0.15) is 25.0 Å². The van der Waals surface area contributed by atoms with Gasteiger partial charge in [0.2, 0.25) is 0 Å². The summed E-state index contributed by atoms with van der Waals surface area (Å²) >= 11 is 18.1. The highest BCUT2D eigenvalue weighted by molar-refractivity contribution is 6.35. The molecular formula is C16H11Cl3N4O. The predicted molar refractivity (Wildman–Crippen MR) is 95.3 cm³/mol. The van der Waals surface area contributed by atoms with E-state index in [0.717, 1.165) is 11.1 Å². The third-order valence-electron chi connectivity index (χ3n) is 3.11. The molecule has 3 aromatic rings. The Morgan fingerprint density at radius 3 is 2.46 bits per heavy atom. The van der Waals surface area contributed by atoms with E-state index in [9.17, 15) is 0 Å². The van der Waals surface area contributed by atoms with Crippen LogP contribution in [0.5, 0.6) is 5.75 Å². The molecule has 122 valence electrons. The van der Waals surface area contributed by atoms with Crippen molar-refractivity contribution in [2.24, 2.45) is 5.10 Å². The number of hydrogen-bond donors (Lipinski definition) is 0. The Kier molecular flexibility index (Phi) is 5.35. The first-order valence-corrected chi connectivity index (χ1v) is 8.00. The number of ether oxygens (including phenoxy) is 1. The maximum absolute atomic E-state index is 6.16. The lowest BCUT2D eigenvalue weighted by Gasteiger charge is -2.11. The molecule has 5 nitrogen and oxygen atoms in total. The fraction of sp³-hybridized carbons (Fsp3) is 0.0625. The summed E-state index contributed by atoms with van der Waals surface area (Å²) in [5, 5.41) is 13.3. The molecule has 2 aromatic carbocycles. The SMILES string of the molecule is Clc1ccc(COc2ccc(Cl)cc2/C=N/n2cnnc2)c(Cl)c1. The van der Waals surface area contributed by atoms with Gasteiger partial charge in [0.05, 0.1) is 6.21 Å². The van der Waals surface area contributed by atoms with Crippen LogP contribution >= 0.6 is 34.8 Å². The van der Waals surface area contributed by atoms with Gasteiger partial charge >= 0.3 is 0 Å². The highest BCUT2D eigenvalue weighted by atomic mass is 35.5. The van der Waals surface area contributed by atoms with Gasteiger partial charge in [0.25, 0.3) is 0 Å². The van der Waals surface area contributed by atoms with Gasteiger partial charge in [-0.1, -0.05) is 40.9 Å². The third-order valence-corrected chi connectivity index (χ3v) is 3.93. The smallest absolute Gasteiger partial charge is 0.141 e. The van der Waals surface area contributed by atoms with Gasteiger partial charge in [-0.2, -0.15) is 5.10 Å². The summed E-state index contributed by atoms with van der Waals surface area (Å²) in [6.07, 6.45) is 4.58. The zero-order chi connectivity index (χ0) is 16.9. The van der Waals surface area contributed by atoms with Crippen molar-refractivity contribution in [2.45, 2.75) is 6.61 Å². The van der Waals surface area contributed by atoms with Crippen LogP contribution in [0, 0.1) is 0 Å². The molecule has 0 fully saturated rings. The molecule has 8 heteroatoms. The van der Waals surface area contributed by atoms with E-state index in [1.54, 1.807) is 36.5 Å². The maximum atomic E-state index is 6.16. The van der Waals surface area contributed by atoms with Gasteiger partial charge in [0, 0.05) is 26.2 Å². The monoisotopic (exact) mass is 380 g/mol. The van der Waals surface area contributed by atoms with E-state index in [2.05, 4.69) is 15.3 Å². The number of halogens is 3. The quantitative estimate of drug-likeness (QED) is 0.602. The molecule has 0 radical (unpaired) electrons. The van der Waals surface area contributed by atoms with E-state index in [-0.39, 0.29) is 0 Å². The van der Waals surface area contributed by atoms with Gasteiger partial charge in [-0.15, -0.1) is 10.2 Å². The molecule has 0 N–H and O–H groups in total. The molecule has 0 saturated heterocycles. The van der Waals surface area contributed by atoms with E-state index >= 15 is 0 Å². The molecule has 1 heterocycles. The lowest BCUT2D eigenvalue weighted by molar-refractivity contribution is 0.306. The van der Waals surface area contributed by atoms with Crippen molar-refractivity contribution in [1.82, 2.24) is 14.9 Å². The summed E-state index contributed by atoms with van der Waals surface area (Å²) in [6, 6.07) is 10.6. The average Bonchev–Trinajstić information content (AvgIpc) is 3.07. The second-order valence-corrected chi connectivity index (χ2v) is 6.07. The minimum absolute atomic E-state index is 0.297. The highest BCUT2D eigenvalue weighted by Gasteiger charge is 2.06. The van der Waals surface area contributed by atoms with Gasteiger partial charge in [-0.3, -0.25) is 0 Å². The average molecular weight is 382 g/mol. The number of nitrogens with zero attached hydrogens (tertiary/aromatic N) is 4. The Hall–Kier alpha value is -2.08. The summed E-state index contributed by atoms with van der Waals surface area (Å²) in [6.45, 7) is 0.297. The molecule has 0 saturated carbocycles. The summed E-state index contributed by atoms with van der Waals surface area (Å²) in [5.74, 6) is 0.627. The molecule has 1 aromatic heterocycles. The van der Waals surface area contributed by atoms with Crippen LogP contribution in [0.2, 0.25) is 15.1 Å². The molecule has 0 aliphatic heterocycles. The summed E-state index contributed by atoms with van der Waals surface area (Å²) < 4.78 is 7.32. The molecule has 0 aliphatic carbocycles. The third kappa shape index (κ3) is 4.26. The van der Waals surface area contributed by atoms with Crippen molar-refractivity contribution < 1.29 is 4.74 Å². The normalized spacial score (nSPS) is 11.1. The first kappa shape index (κ1) is 16.8. The molecule has 3 rings (SSSR count). The highest BCUT2D eigenvalue weighted by Crippen LogP contribution is 2.25. The molecule has 0 amide bonds. The fourth-order valence-electron chi connectivity index (χ4n) is 1.93. The first-order chi connectivity index (χ1) is 11.6. The standard InChI is InChI=1S/C16H11Cl3N4O/c17-13-3-4-16(12(5-13)7-22-23-9-20-21-10-23)24-8-11-1-2-14(18)6-15(11)19/h1-7,9-10H,8H2/b22-7+. The number of hydrogen-bond acceptors (Lipinski definition) is 4. The topological polar surface area (TPSA) is 52.3 Å². The molecule has 24 heavy (non-hydrogen) atoms. The lowest BCUT2D eigenvalue weighted by Crippen LogP contribution is -1.99. The van der Waals surface area contributed by atoms with Crippen LogP contribution in [0.15, 0.2) is 54.2 Å². The van der Waals surface area contributed by atoms with Crippen molar-refractivity contribution in [1.29, 1.82) is 0 Å². The van der Waals surface area contributed by atoms with Gasteiger partial charge in [-0.05, 0) is 30.3 Å². The molecular weight excluding hydrogens is 371 g/mol. The van der Waals surface area contributed by atoms with Crippen LogP contribution in [-0.4, -0.2) is 21.1 Å². The number of aromatic nitrogens is 3. The maximum Gasteiger partial charge on any atom is 0.141 e. The number of rotatable bonds is 5. The Balaban J connectivity index is 1.80. The van der Waals surface area contributed by atoms with Crippen LogP contribution in [0.25, 0.3) is 0 Å². The van der Waals surface area contributed by atoms with Crippen LogP contribution in [0.3, 0.4) is 0 Å². The first-order valence-electron chi connectivity index (χ1n) is 6.87. The Labute approximate surface area is 153 Å². The molecule has 0 bridgehead atoms. The zero-order valence-electron chi connectivity index (χ0n) is 12.2. The second kappa shape index (κ2) is 7.66. The van der Waals surface area contributed by atoms with Crippen LogP contribution in [0.1, 0.15) is 11.1 Å². The number of benzene rings is 2. The molecule has 0 aliphatic rings. The largest absolute Gasteiger partial charge is 0.488 e. The van der Waals surface area contributed by atoms with E-state index in [1.165, 1.54) is 17.3 Å².